The van der Waals surface area contributed by atoms with Gasteiger partial charge in [-0.1, -0.05) is 15.9 Å². The Labute approximate surface area is 112 Å². The van der Waals surface area contributed by atoms with E-state index in [4.69, 9.17) is 0 Å². The average molecular weight is 313 g/mol. The van der Waals surface area contributed by atoms with E-state index in [1.165, 1.54) is 6.20 Å². The van der Waals surface area contributed by atoms with Gasteiger partial charge in [-0.25, -0.2) is 4.98 Å². The fourth-order valence-electron chi connectivity index (χ4n) is 1.79. The van der Waals surface area contributed by atoms with E-state index >= 15 is 0 Å². The zero-order valence-corrected chi connectivity index (χ0v) is 11.1. The quantitative estimate of drug-likeness (QED) is 0.577. The largest absolute Gasteiger partial charge is 0.390 e. The highest BCUT2D eigenvalue weighted by Gasteiger charge is 2.19. The predicted molar refractivity (Wildman–Crippen MR) is 70.9 cm³/mol. The Kier molecular flexibility index (Phi) is 4.11. The first-order chi connectivity index (χ1) is 8.67. The molecule has 2 heterocycles. The average Bonchev–Trinajstić information content (AvgIpc) is 2.80. The molecule has 0 saturated heterocycles. The van der Waals surface area contributed by atoms with Crippen LogP contribution in [0.1, 0.15) is 28.4 Å². The molecule has 0 bridgehead atoms. The maximum absolute atomic E-state index is 10.8. The zero-order valence-electron chi connectivity index (χ0n) is 9.51. The summed E-state index contributed by atoms with van der Waals surface area (Å²) < 4.78 is 0. The molecule has 2 unspecified atom stereocenters. The molecule has 0 aliphatic heterocycles. The summed E-state index contributed by atoms with van der Waals surface area (Å²) in [6.45, 7) is 0. The van der Waals surface area contributed by atoms with Gasteiger partial charge in [0.05, 0.1) is 6.10 Å². The number of nitrogens with zero attached hydrogens (tertiary/aromatic N) is 1. The summed E-state index contributed by atoms with van der Waals surface area (Å²) in [5.41, 5.74) is 1.57. The molecule has 0 radical (unpaired) electrons. The highest BCUT2D eigenvalue weighted by atomic mass is 79.9. The Morgan fingerprint density at radius 1 is 1.50 bits per heavy atom. The summed E-state index contributed by atoms with van der Waals surface area (Å²) in [5, 5.41) is 21.0. The van der Waals surface area contributed by atoms with Gasteiger partial charge in [0, 0.05) is 34.2 Å². The maximum Gasteiger partial charge on any atom is 0.152 e. The highest BCUT2D eigenvalue weighted by molar-refractivity contribution is 9.09. The van der Waals surface area contributed by atoms with Crippen molar-refractivity contribution in [3.8, 4) is 0 Å². The van der Waals surface area contributed by atoms with Crippen LogP contribution in [0.5, 0.6) is 0 Å². The van der Waals surface area contributed by atoms with Gasteiger partial charge in [-0.2, -0.15) is 0 Å². The van der Waals surface area contributed by atoms with Crippen LogP contribution in [0.25, 0.3) is 11.0 Å². The standard InChI is InChI=1S/C12H13BrN2O3/c13-2-1-10(17)11(18)7-3-9-8(6-16)5-15-12(9)14-4-7/h3-6,10-11,17-18H,1-2H2,(H,14,15). The SMILES string of the molecule is O=Cc1c[nH]c2ncc(C(O)C(O)CCBr)cc12. The highest BCUT2D eigenvalue weighted by Crippen LogP contribution is 2.23. The van der Waals surface area contributed by atoms with Crippen molar-refractivity contribution in [1.29, 1.82) is 0 Å². The number of carbonyl (C=O) groups is 1. The number of fused-ring (bicyclic) bond motifs is 1. The fraction of sp³-hybridized carbons (Fsp3) is 0.333. The molecule has 0 amide bonds. The number of H-pyrrole nitrogens is 1. The van der Waals surface area contributed by atoms with Crippen LogP contribution in [-0.2, 0) is 0 Å². The van der Waals surface area contributed by atoms with Gasteiger partial charge in [0.1, 0.15) is 11.8 Å². The van der Waals surface area contributed by atoms with Gasteiger partial charge in [-0.3, -0.25) is 4.79 Å². The predicted octanol–water partition coefficient (Wildman–Crippen LogP) is 1.55. The van der Waals surface area contributed by atoms with Gasteiger partial charge in [-0.05, 0) is 12.5 Å². The van der Waals surface area contributed by atoms with E-state index in [9.17, 15) is 15.0 Å². The van der Waals surface area contributed by atoms with Crippen molar-refractivity contribution in [3.05, 3.63) is 29.6 Å². The van der Waals surface area contributed by atoms with Gasteiger partial charge in [0.2, 0.25) is 0 Å². The minimum absolute atomic E-state index is 0.437. The zero-order chi connectivity index (χ0) is 13.1. The Bertz CT molecular complexity index is 555. The van der Waals surface area contributed by atoms with Gasteiger partial charge in [0.15, 0.2) is 6.29 Å². The molecule has 96 valence electrons. The lowest BCUT2D eigenvalue weighted by molar-refractivity contribution is 0.0172. The number of nitrogens with one attached hydrogen (secondary N) is 1. The number of halogens is 1. The van der Waals surface area contributed by atoms with Crippen LogP contribution in [0.2, 0.25) is 0 Å². The summed E-state index contributed by atoms with van der Waals surface area (Å²) in [4.78, 5) is 17.8. The van der Waals surface area contributed by atoms with Crippen molar-refractivity contribution in [2.75, 3.05) is 5.33 Å². The number of alkyl halides is 1. The first-order valence-corrected chi connectivity index (χ1v) is 6.63. The molecule has 0 spiro atoms. The number of hydrogen-bond donors (Lipinski definition) is 3. The minimum Gasteiger partial charge on any atom is -0.390 e. The normalized spacial score (nSPS) is 14.6. The molecule has 3 N–H and O–H groups in total. The van der Waals surface area contributed by atoms with Gasteiger partial charge in [-0.15, -0.1) is 0 Å². The molecule has 0 aromatic carbocycles. The van der Waals surface area contributed by atoms with Crippen LogP contribution < -0.4 is 0 Å². The number of rotatable bonds is 5. The van der Waals surface area contributed by atoms with Crippen LogP contribution in [-0.4, -0.2) is 37.9 Å². The number of aldehydes is 1. The molecule has 18 heavy (non-hydrogen) atoms. The monoisotopic (exact) mass is 312 g/mol. The van der Waals surface area contributed by atoms with E-state index in [1.54, 1.807) is 12.3 Å². The van der Waals surface area contributed by atoms with Crippen LogP contribution in [0.3, 0.4) is 0 Å². The fourth-order valence-corrected chi connectivity index (χ4v) is 2.26. The second-order valence-electron chi connectivity index (χ2n) is 4.02. The van der Waals surface area contributed by atoms with Crippen molar-refractivity contribution in [3.63, 3.8) is 0 Å². The van der Waals surface area contributed by atoms with Crippen LogP contribution in [0, 0.1) is 0 Å². The van der Waals surface area contributed by atoms with E-state index in [1.807, 2.05) is 0 Å². The van der Waals surface area contributed by atoms with Crippen molar-refractivity contribution < 1.29 is 15.0 Å². The van der Waals surface area contributed by atoms with E-state index < -0.39 is 12.2 Å². The lowest BCUT2D eigenvalue weighted by Gasteiger charge is -2.16. The Balaban J connectivity index is 2.36. The molecule has 0 fully saturated rings. The van der Waals surface area contributed by atoms with Crippen LogP contribution in [0.15, 0.2) is 18.5 Å². The molecule has 5 nitrogen and oxygen atoms in total. The molecule has 2 rings (SSSR count). The summed E-state index contributed by atoms with van der Waals surface area (Å²) in [6.07, 6.45) is 2.36. The lowest BCUT2D eigenvalue weighted by Crippen LogP contribution is -2.18. The molecule has 2 aromatic heterocycles. The van der Waals surface area contributed by atoms with Gasteiger partial charge >= 0.3 is 0 Å². The smallest absolute Gasteiger partial charge is 0.152 e. The number of aliphatic hydroxyl groups is 2. The molecule has 6 heteroatoms. The van der Waals surface area contributed by atoms with E-state index in [2.05, 4.69) is 25.9 Å². The number of hydrogen-bond acceptors (Lipinski definition) is 4. The molecule has 0 aliphatic rings. The van der Waals surface area contributed by atoms with Crippen LogP contribution in [0.4, 0.5) is 0 Å². The van der Waals surface area contributed by atoms with Crippen molar-refractivity contribution >= 4 is 33.2 Å². The van der Waals surface area contributed by atoms with Crippen LogP contribution >= 0.6 is 15.9 Å². The molecule has 0 aliphatic carbocycles. The maximum atomic E-state index is 10.8. The summed E-state index contributed by atoms with van der Waals surface area (Å²) in [5.74, 6) is 0. The first-order valence-electron chi connectivity index (χ1n) is 5.51. The number of carbonyl (C=O) groups excluding carboxylic acids is 1. The third-order valence-corrected chi connectivity index (χ3v) is 3.28. The second kappa shape index (κ2) is 5.60. The summed E-state index contributed by atoms with van der Waals surface area (Å²) in [6, 6.07) is 1.67. The topological polar surface area (TPSA) is 86.2 Å². The van der Waals surface area contributed by atoms with Crippen molar-refractivity contribution in [1.82, 2.24) is 9.97 Å². The number of aliphatic hydroxyl groups excluding tert-OH is 2. The third kappa shape index (κ3) is 2.45. The molecular weight excluding hydrogens is 300 g/mol. The molecule has 0 saturated carbocycles. The van der Waals surface area contributed by atoms with Gasteiger partial charge in [0.25, 0.3) is 0 Å². The number of aromatic amines is 1. The first kappa shape index (κ1) is 13.2. The Hall–Kier alpha value is -1.24. The third-order valence-electron chi connectivity index (χ3n) is 2.82. The summed E-state index contributed by atoms with van der Waals surface area (Å²) >= 11 is 3.21. The molecule has 2 aromatic rings. The van der Waals surface area contributed by atoms with Crippen molar-refractivity contribution in [2.45, 2.75) is 18.6 Å². The van der Waals surface area contributed by atoms with Gasteiger partial charge < -0.3 is 15.2 Å². The Morgan fingerprint density at radius 3 is 2.94 bits per heavy atom. The van der Waals surface area contributed by atoms with E-state index in [-0.39, 0.29) is 0 Å². The summed E-state index contributed by atoms with van der Waals surface area (Å²) in [7, 11) is 0. The number of aromatic nitrogens is 2. The van der Waals surface area contributed by atoms with E-state index in [0.717, 1.165) is 6.29 Å². The Morgan fingerprint density at radius 2 is 2.28 bits per heavy atom. The van der Waals surface area contributed by atoms with Crippen molar-refractivity contribution in [2.24, 2.45) is 0 Å². The lowest BCUT2D eigenvalue weighted by atomic mass is 10.0. The minimum atomic E-state index is -1.01. The number of pyridine rings is 1. The second-order valence-corrected chi connectivity index (χ2v) is 4.81. The van der Waals surface area contributed by atoms with E-state index in [0.29, 0.717) is 33.9 Å². The molecular formula is C12H13BrN2O3. The molecule has 2 atom stereocenters.